The first-order valence-corrected chi connectivity index (χ1v) is 7.52. The van der Waals surface area contributed by atoms with Gasteiger partial charge in [-0.25, -0.2) is 0 Å². The molecule has 0 fully saturated rings. The molecule has 0 unspecified atom stereocenters. The predicted octanol–water partition coefficient (Wildman–Crippen LogP) is 4.64. The summed E-state index contributed by atoms with van der Waals surface area (Å²) in [7, 11) is 0. The van der Waals surface area contributed by atoms with Crippen molar-refractivity contribution >= 4 is 17.1 Å². The van der Waals surface area contributed by atoms with Crippen molar-refractivity contribution in [2.45, 2.75) is 59.3 Å². The van der Waals surface area contributed by atoms with Gasteiger partial charge in [-0.2, -0.15) is 0 Å². The number of ketones is 1. The normalized spacial score (nSPS) is 11.1. The van der Waals surface area contributed by atoms with E-state index in [4.69, 9.17) is 0 Å². The van der Waals surface area contributed by atoms with Crippen LogP contribution in [0.5, 0.6) is 0 Å². The minimum atomic E-state index is 0.423. The van der Waals surface area contributed by atoms with E-state index in [0.29, 0.717) is 5.78 Å². The quantitative estimate of drug-likeness (QED) is 0.659. The van der Waals surface area contributed by atoms with Gasteiger partial charge >= 0.3 is 0 Å². The van der Waals surface area contributed by atoms with Crippen LogP contribution >= 0.6 is 11.3 Å². The zero-order chi connectivity index (χ0) is 12.7. The van der Waals surface area contributed by atoms with E-state index in [0.717, 1.165) is 38.0 Å². The van der Waals surface area contributed by atoms with Crippen molar-refractivity contribution in [1.82, 2.24) is 0 Å². The van der Waals surface area contributed by atoms with Crippen LogP contribution in [-0.2, 0) is 17.6 Å². The Labute approximate surface area is 109 Å². The van der Waals surface area contributed by atoms with Gasteiger partial charge in [-0.3, -0.25) is 4.79 Å². The van der Waals surface area contributed by atoms with Gasteiger partial charge < -0.3 is 0 Å². The Kier molecular flexibility index (Phi) is 6.49. The Morgan fingerprint density at radius 3 is 2.59 bits per heavy atom. The molecule has 1 aromatic rings. The highest BCUT2D eigenvalue weighted by Gasteiger charge is 2.04. The van der Waals surface area contributed by atoms with Crippen LogP contribution in [-0.4, -0.2) is 5.78 Å². The monoisotopic (exact) mass is 252 g/mol. The highest BCUT2D eigenvalue weighted by atomic mass is 32.1. The molecule has 17 heavy (non-hydrogen) atoms. The molecule has 0 aliphatic carbocycles. The maximum atomic E-state index is 11.4. The van der Waals surface area contributed by atoms with E-state index >= 15 is 0 Å². The second-order valence-corrected chi connectivity index (χ2v) is 6.36. The molecular formula is C15H24OS. The number of carbonyl (C=O) groups excluding carboxylic acids is 1. The molecule has 1 aromatic heterocycles. The van der Waals surface area contributed by atoms with Crippen LogP contribution in [0.3, 0.4) is 0 Å². The molecule has 0 aliphatic heterocycles. The molecular weight excluding hydrogens is 228 g/mol. The summed E-state index contributed by atoms with van der Waals surface area (Å²) in [6.07, 6.45) is 5.75. The summed E-state index contributed by atoms with van der Waals surface area (Å²) >= 11 is 1.91. The van der Waals surface area contributed by atoms with Gasteiger partial charge in [0.1, 0.15) is 5.78 Å². The van der Waals surface area contributed by atoms with Crippen molar-refractivity contribution in [1.29, 1.82) is 0 Å². The smallest absolute Gasteiger partial charge is 0.132 e. The highest BCUT2D eigenvalue weighted by molar-refractivity contribution is 7.11. The molecule has 0 radical (unpaired) electrons. The first kappa shape index (κ1) is 14.4. The van der Waals surface area contributed by atoms with E-state index < -0.39 is 0 Å². The molecule has 1 nitrogen and oxygen atoms in total. The second-order valence-electron chi connectivity index (χ2n) is 5.11. The van der Waals surface area contributed by atoms with Crippen molar-refractivity contribution in [2.75, 3.05) is 0 Å². The SMILES string of the molecule is CCCC(=O)CCCc1ccc(CC(C)C)s1. The Hall–Kier alpha value is -0.630. The molecule has 96 valence electrons. The third-order valence-corrected chi connectivity index (χ3v) is 3.90. The van der Waals surface area contributed by atoms with Crippen molar-refractivity contribution in [2.24, 2.45) is 5.92 Å². The van der Waals surface area contributed by atoms with E-state index in [1.54, 1.807) is 0 Å². The lowest BCUT2D eigenvalue weighted by atomic mass is 10.1. The van der Waals surface area contributed by atoms with Gasteiger partial charge in [0.25, 0.3) is 0 Å². The molecule has 2 heteroatoms. The van der Waals surface area contributed by atoms with Crippen LogP contribution in [0.25, 0.3) is 0 Å². The minimum absolute atomic E-state index is 0.423. The number of hydrogen-bond acceptors (Lipinski definition) is 2. The fraction of sp³-hybridized carbons (Fsp3) is 0.667. The molecule has 0 saturated carbocycles. The number of rotatable bonds is 8. The van der Waals surface area contributed by atoms with Crippen LogP contribution in [0.1, 0.15) is 56.2 Å². The summed E-state index contributed by atoms with van der Waals surface area (Å²) < 4.78 is 0. The van der Waals surface area contributed by atoms with Crippen LogP contribution in [0.2, 0.25) is 0 Å². The zero-order valence-corrected chi connectivity index (χ0v) is 12.1. The second kappa shape index (κ2) is 7.65. The highest BCUT2D eigenvalue weighted by Crippen LogP contribution is 2.21. The number of thiophene rings is 1. The minimum Gasteiger partial charge on any atom is -0.300 e. The van der Waals surface area contributed by atoms with Gasteiger partial charge in [0.2, 0.25) is 0 Å². The lowest BCUT2D eigenvalue weighted by molar-refractivity contribution is -0.119. The van der Waals surface area contributed by atoms with Gasteiger partial charge in [0, 0.05) is 22.6 Å². The fourth-order valence-electron chi connectivity index (χ4n) is 1.93. The Bertz CT molecular complexity index is 338. The number of Topliss-reactive ketones (excluding diaryl/α,β-unsaturated/α-hetero) is 1. The van der Waals surface area contributed by atoms with E-state index in [1.807, 2.05) is 11.3 Å². The van der Waals surface area contributed by atoms with E-state index in [1.165, 1.54) is 16.2 Å². The van der Waals surface area contributed by atoms with E-state index in [-0.39, 0.29) is 0 Å². The third-order valence-electron chi connectivity index (χ3n) is 2.73. The Morgan fingerprint density at radius 2 is 1.94 bits per heavy atom. The molecule has 0 bridgehead atoms. The molecule has 0 saturated heterocycles. The Balaban J connectivity index is 2.27. The number of aryl methyl sites for hydroxylation is 1. The standard InChI is InChI=1S/C15H24OS/c1-4-6-13(16)7-5-8-14-9-10-15(17-14)11-12(2)3/h9-10,12H,4-8,11H2,1-3H3. The van der Waals surface area contributed by atoms with Crippen molar-refractivity contribution in [3.63, 3.8) is 0 Å². The summed E-state index contributed by atoms with van der Waals surface area (Å²) in [5.41, 5.74) is 0. The predicted molar refractivity (Wildman–Crippen MR) is 75.7 cm³/mol. The molecule has 0 amide bonds. The molecule has 1 heterocycles. The first-order valence-electron chi connectivity index (χ1n) is 6.71. The molecule has 0 aromatic carbocycles. The largest absolute Gasteiger partial charge is 0.300 e. The van der Waals surface area contributed by atoms with E-state index in [9.17, 15) is 4.79 Å². The number of carbonyl (C=O) groups is 1. The van der Waals surface area contributed by atoms with Gasteiger partial charge in [-0.15, -0.1) is 11.3 Å². The molecule has 0 N–H and O–H groups in total. The average molecular weight is 252 g/mol. The maximum Gasteiger partial charge on any atom is 0.132 e. The molecule has 0 atom stereocenters. The topological polar surface area (TPSA) is 17.1 Å². The average Bonchev–Trinajstić information content (AvgIpc) is 2.65. The van der Waals surface area contributed by atoms with Crippen LogP contribution in [0, 0.1) is 5.92 Å². The van der Waals surface area contributed by atoms with Gasteiger partial charge in [0.15, 0.2) is 0 Å². The number of hydrogen-bond donors (Lipinski definition) is 0. The van der Waals surface area contributed by atoms with E-state index in [2.05, 4.69) is 32.9 Å². The summed E-state index contributed by atoms with van der Waals surface area (Å²) in [5, 5.41) is 0. The first-order chi connectivity index (χ1) is 8.11. The Morgan fingerprint density at radius 1 is 1.24 bits per heavy atom. The molecule has 0 spiro atoms. The van der Waals surface area contributed by atoms with Crippen LogP contribution in [0.4, 0.5) is 0 Å². The van der Waals surface area contributed by atoms with Gasteiger partial charge in [0.05, 0.1) is 0 Å². The van der Waals surface area contributed by atoms with Crippen LogP contribution < -0.4 is 0 Å². The zero-order valence-electron chi connectivity index (χ0n) is 11.3. The lowest BCUT2D eigenvalue weighted by Crippen LogP contribution is -1.97. The summed E-state index contributed by atoms with van der Waals surface area (Å²) in [6.45, 7) is 6.57. The van der Waals surface area contributed by atoms with Crippen LogP contribution in [0.15, 0.2) is 12.1 Å². The summed E-state index contributed by atoms with van der Waals surface area (Å²) in [6, 6.07) is 4.47. The third kappa shape index (κ3) is 6.02. The summed E-state index contributed by atoms with van der Waals surface area (Å²) in [5.74, 6) is 1.15. The molecule has 1 rings (SSSR count). The van der Waals surface area contributed by atoms with Gasteiger partial charge in [-0.05, 0) is 43.7 Å². The maximum absolute atomic E-state index is 11.4. The summed E-state index contributed by atoms with van der Waals surface area (Å²) in [4.78, 5) is 14.3. The fourth-order valence-corrected chi connectivity index (χ4v) is 3.20. The van der Waals surface area contributed by atoms with Crippen molar-refractivity contribution in [3.8, 4) is 0 Å². The van der Waals surface area contributed by atoms with Crippen molar-refractivity contribution in [3.05, 3.63) is 21.9 Å². The molecule has 0 aliphatic rings. The van der Waals surface area contributed by atoms with Gasteiger partial charge in [-0.1, -0.05) is 20.8 Å². The lowest BCUT2D eigenvalue weighted by Gasteiger charge is -2.00. The van der Waals surface area contributed by atoms with Crippen molar-refractivity contribution < 1.29 is 4.79 Å².